The lowest BCUT2D eigenvalue weighted by molar-refractivity contribution is -0.140. The van der Waals surface area contributed by atoms with Gasteiger partial charge < -0.3 is 14.7 Å². The van der Waals surface area contributed by atoms with Gasteiger partial charge in [0.1, 0.15) is 0 Å². The van der Waals surface area contributed by atoms with Crippen molar-refractivity contribution in [3.63, 3.8) is 0 Å². The van der Waals surface area contributed by atoms with Gasteiger partial charge >= 0.3 is 5.97 Å². The molecule has 0 aromatic rings. The molecule has 0 aliphatic carbocycles. The number of hydrogen-bond acceptors (Lipinski definition) is 3. The maximum Gasteiger partial charge on any atom is 0.303 e. The quantitative estimate of drug-likeness (QED) is 0.703. The second-order valence-electron chi connectivity index (χ2n) is 5.07. The predicted octanol–water partition coefficient (Wildman–Crippen LogP) is 1.60. The summed E-state index contributed by atoms with van der Waals surface area (Å²) in [5.74, 6) is -0.671. The molecule has 0 atom stereocenters. The Morgan fingerprint density at radius 1 is 1.44 bits per heavy atom. The highest BCUT2D eigenvalue weighted by atomic mass is 16.5. The number of carboxylic acid groups (broad SMARTS) is 1. The van der Waals surface area contributed by atoms with E-state index in [-0.39, 0.29) is 5.41 Å². The van der Waals surface area contributed by atoms with Crippen LogP contribution in [0.2, 0.25) is 0 Å². The maximum absolute atomic E-state index is 10.7. The van der Waals surface area contributed by atoms with Crippen LogP contribution in [0.15, 0.2) is 0 Å². The number of methoxy groups -OCH3 is 1. The zero-order chi connectivity index (χ0) is 12.0. The van der Waals surface area contributed by atoms with Crippen LogP contribution in [0, 0.1) is 5.41 Å². The van der Waals surface area contributed by atoms with Crippen LogP contribution in [0.3, 0.4) is 0 Å². The van der Waals surface area contributed by atoms with E-state index in [0.717, 1.165) is 45.5 Å². The van der Waals surface area contributed by atoms with Crippen molar-refractivity contribution in [3.05, 3.63) is 0 Å². The lowest BCUT2D eigenvalue weighted by atomic mass is 9.77. The first kappa shape index (κ1) is 13.5. The van der Waals surface area contributed by atoms with E-state index in [2.05, 4.69) is 11.8 Å². The number of likely N-dealkylation sites (tertiary alicyclic amines) is 1. The highest BCUT2D eigenvalue weighted by Crippen LogP contribution is 2.34. The molecule has 1 saturated heterocycles. The number of nitrogens with zero attached hydrogens (tertiary/aromatic N) is 1. The van der Waals surface area contributed by atoms with Gasteiger partial charge in [-0.25, -0.2) is 0 Å². The SMILES string of the molecule is COCCCN1CCC(C)(CC(=O)O)CC1. The fourth-order valence-corrected chi connectivity index (χ4v) is 2.29. The van der Waals surface area contributed by atoms with E-state index in [1.54, 1.807) is 7.11 Å². The van der Waals surface area contributed by atoms with Crippen LogP contribution in [0.25, 0.3) is 0 Å². The molecule has 1 fully saturated rings. The molecule has 4 nitrogen and oxygen atoms in total. The van der Waals surface area contributed by atoms with E-state index < -0.39 is 5.97 Å². The van der Waals surface area contributed by atoms with Crippen LogP contribution in [0.1, 0.15) is 32.6 Å². The highest BCUT2D eigenvalue weighted by molar-refractivity contribution is 5.67. The first-order chi connectivity index (χ1) is 7.56. The summed E-state index contributed by atoms with van der Waals surface area (Å²) >= 11 is 0. The summed E-state index contributed by atoms with van der Waals surface area (Å²) in [5, 5.41) is 8.84. The van der Waals surface area contributed by atoms with Crippen molar-refractivity contribution in [1.82, 2.24) is 4.90 Å². The molecular formula is C12H23NO3. The Morgan fingerprint density at radius 2 is 2.06 bits per heavy atom. The largest absolute Gasteiger partial charge is 0.481 e. The van der Waals surface area contributed by atoms with Gasteiger partial charge in [0, 0.05) is 20.3 Å². The topological polar surface area (TPSA) is 49.8 Å². The third kappa shape index (κ3) is 4.49. The Balaban J connectivity index is 2.24. The van der Waals surface area contributed by atoms with Crippen LogP contribution in [-0.2, 0) is 9.53 Å². The van der Waals surface area contributed by atoms with Crippen molar-refractivity contribution in [2.45, 2.75) is 32.6 Å². The minimum absolute atomic E-state index is 0.00356. The van der Waals surface area contributed by atoms with Gasteiger partial charge in [-0.3, -0.25) is 4.79 Å². The molecule has 4 heteroatoms. The molecule has 0 aromatic heterocycles. The van der Waals surface area contributed by atoms with Crippen LogP contribution >= 0.6 is 0 Å². The van der Waals surface area contributed by atoms with Crippen LogP contribution in [0.5, 0.6) is 0 Å². The van der Waals surface area contributed by atoms with Crippen molar-refractivity contribution in [2.24, 2.45) is 5.41 Å². The maximum atomic E-state index is 10.7. The Bertz CT molecular complexity index is 222. The standard InChI is InChI=1S/C12H23NO3/c1-12(10-11(14)15)4-7-13(8-5-12)6-3-9-16-2/h3-10H2,1-2H3,(H,14,15). The smallest absolute Gasteiger partial charge is 0.303 e. The summed E-state index contributed by atoms with van der Waals surface area (Å²) in [6.07, 6.45) is 3.35. The Morgan fingerprint density at radius 3 is 2.56 bits per heavy atom. The van der Waals surface area contributed by atoms with Gasteiger partial charge in [-0.15, -0.1) is 0 Å². The Kier molecular flexibility index (Phi) is 5.22. The fraction of sp³-hybridized carbons (Fsp3) is 0.917. The highest BCUT2D eigenvalue weighted by Gasteiger charge is 2.31. The number of rotatable bonds is 6. The third-order valence-corrected chi connectivity index (χ3v) is 3.46. The van der Waals surface area contributed by atoms with Crippen molar-refractivity contribution in [2.75, 3.05) is 33.4 Å². The Labute approximate surface area is 97.6 Å². The second-order valence-corrected chi connectivity index (χ2v) is 5.07. The van der Waals surface area contributed by atoms with Crippen LogP contribution < -0.4 is 0 Å². The second kappa shape index (κ2) is 6.21. The van der Waals surface area contributed by atoms with Crippen LogP contribution in [0.4, 0.5) is 0 Å². The van der Waals surface area contributed by atoms with Crippen molar-refractivity contribution < 1.29 is 14.6 Å². The molecule has 0 aromatic carbocycles. The molecule has 1 aliphatic rings. The van der Waals surface area contributed by atoms with Gasteiger partial charge in [-0.05, 0) is 37.8 Å². The van der Waals surface area contributed by atoms with Gasteiger partial charge in [0.15, 0.2) is 0 Å². The average molecular weight is 229 g/mol. The van der Waals surface area contributed by atoms with E-state index in [1.165, 1.54) is 0 Å². The molecule has 1 aliphatic heterocycles. The minimum Gasteiger partial charge on any atom is -0.481 e. The molecule has 1 heterocycles. The summed E-state index contributed by atoms with van der Waals surface area (Å²) in [4.78, 5) is 13.1. The molecule has 0 bridgehead atoms. The van der Waals surface area contributed by atoms with E-state index >= 15 is 0 Å². The van der Waals surface area contributed by atoms with Gasteiger partial charge in [-0.1, -0.05) is 6.92 Å². The molecule has 0 unspecified atom stereocenters. The molecular weight excluding hydrogens is 206 g/mol. The van der Waals surface area contributed by atoms with Gasteiger partial charge in [-0.2, -0.15) is 0 Å². The van der Waals surface area contributed by atoms with Gasteiger partial charge in [0.05, 0.1) is 6.42 Å². The van der Waals surface area contributed by atoms with E-state index in [9.17, 15) is 4.79 Å². The molecule has 1 rings (SSSR count). The number of ether oxygens (including phenoxy) is 1. The predicted molar refractivity (Wildman–Crippen MR) is 62.5 cm³/mol. The first-order valence-electron chi connectivity index (χ1n) is 5.99. The monoisotopic (exact) mass is 229 g/mol. The molecule has 0 radical (unpaired) electrons. The zero-order valence-electron chi connectivity index (χ0n) is 10.4. The van der Waals surface area contributed by atoms with E-state index in [4.69, 9.17) is 9.84 Å². The molecule has 1 N–H and O–H groups in total. The van der Waals surface area contributed by atoms with Gasteiger partial charge in [0.25, 0.3) is 0 Å². The number of aliphatic carboxylic acids is 1. The summed E-state index contributed by atoms with van der Waals surface area (Å²) < 4.78 is 5.02. The van der Waals surface area contributed by atoms with Crippen molar-refractivity contribution >= 4 is 5.97 Å². The lowest BCUT2D eigenvalue weighted by Gasteiger charge is -2.38. The van der Waals surface area contributed by atoms with Gasteiger partial charge in [0.2, 0.25) is 0 Å². The molecule has 0 saturated carbocycles. The van der Waals surface area contributed by atoms with E-state index in [1.807, 2.05) is 0 Å². The number of hydrogen-bond donors (Lipinski definition) is 1. The first-order valence-corrected chi connectivity index (χ1v) is 5.99. The molecule has 0 spiro atoms. The third-order valence-electron chi connectivity index (χ3n) is 3.46. The molecule has 94 valence electrons. The fourth-order valence-electron chi connectivity index (χ4n) is 2.29. The number of carboxylic acids is 1. The lowest BCUT2D eigenvalue weighted by Crippen LogP contribution is -2.40. The Hall–Kier alpha value is -0.610. The normalized spacial score (nSPS) is 20.9. The zero-order valence-corrected chi connectivity index (χ0v) is 10.4. The summed E-state index contributed by atoms with van der Waals surface area (Å²) in [5.41, 5.74) is 0.00356. The molecule has 0 amide bonds. The summed E-state index contributed by atoms with van der Waals surface area (Å²) in [7, 11) is 1.72. The van der Waals surface area contributed by atoms with Crippen molar-refractivity contribution in [1.29, 1.82) is 0 Å². The summed E-state index contributed by atoms with van der Waals surface area (Å²) in [6.45, 7) is 6.01. The summed E-state index contributed by atoms with van der Waals surface area (Å²) in [6, 6.07) is 0. The number of piperidine rings is 1. The average Bonchev–Trinajstić information content (AvgIpc) is 2.20. The minimum atomic E-state index is -0.671. The van der Waals surface area contributed by atoms with Crippen LogP contribution in [-0.4, -0.2) is 49.3 Å². The molecule has 16 heavy (non-hydrogen) atoms. The number of carbonyl (C=O) groups is 1. The van der Waals surface area contributed by atoms with Crippen molar-refractivity contribution in [3.8, 4) is 0 Å². The van der Waals surface area contributed by atoms with E-state index in [0.29, 0.717) is 6.42 Å².